The number of esters is 1. The molecule has 0 saturated heterocycles. The summed E-state index contributed by atoms with van der Waals surface area (Å²) >= 11 is 1.49. The maximum absolute atomic E-state index is 12.5. The summed E-state index contributed by atoms with van der Waals surface area (Å²) in [5.74, 6) is -0.314. The zero-order valence-corrected chi connectivity index (χ0v) is 14.8. The lowest BCUT2D eigenvalue weighted by atomic mass is 9.81. The summed E-state index contributed by atoms with van der Waals surface area (Å²) in [6, 6.07) is 0. The number of thiophene rings is 1. The second kappa shape index (κ2) is 4.71. The van der Waals surface area contributed by atoms with Crippen LogP contribution < -0.4 is 11.1 Å². The first-order chi connectivity index (χ1) is 9.32. The van der Waals surface area contributed by atoms with Gasteiger partial charge in [-0.1, -0.05) is 0 Å². The van der Waals surface area contributed by atoms with Crippen molar-refractivity contribution < 1.29 is 9.53 Å². The molecule has 2 heterocycles. The fourth-order valence-corrected chi connectivity index (χ4v) is 4.23. The number of nitrogens with two attached hydrogens (primary N) is 1. The number of nitrogens with one attached hydrogen (secondary N) is 1. The number of rotatable bonds is 1. The molecular weight excluding hydrogens is 284 g/mol. The highest BCUT2D eigenvalue weighted by Gasteiger charge is 2.41. The van der Waals surface area contributed by atoms with Crippen LogP contribution in [0.2, 0.25) is 0 Å². The van der Waals surface area contributed by atoms with E-state index < -0.39 is 5.60 Å². The third-order valence-corrected chi connectivity index (χ3v) is 4.86. The fraction of sp³-hybridized carbons (Fsp3) is 0.688. The van der Waals surface area contributed by atoms with Crippen molar-refractivity contribution >= 4 is 22.3 Å². The number of carbonyl (C=O) groups excluding carboxylic acids is 1. The number of ether oxygens (including phenoxy) is 1. The summed E-state index contributed by atoms with van der Waals surface area (Å²) in [6.07, 6.45) is 0.772. The van der Waals surface area contributed by atoms with E-state index in [1.807, 2.05) is 20.8 Å². The minimum atomic E-state index is -0.518. The lowest BCUT2D eigenvalue weighted by Gasteiger charge is -2.42. The van der Waals surface area contributed by atoms with Gasteiger partial charge < -0.3 is 15.8 Å². The fourth-order valence-electron chi connectivity index (χ4n) is 3.10. The Morgan fingerprint density at radius 1 is 1.29 bits per heavy atom. The Hall–Kier alpha value is -1.07. The highest BCUT2D eigenvalue weighted by Crippen LogP contribution is 2.44. The molecule has 1 aromatic heterocycles. The number of hydrogen-bond acceptors (Lipinski definition) is 5. The van der Waals surface area contributed by atoms with Crippen molar-refractivity contribution in [1.82, 2.24) is 5.32 Å². The Morgan fingerprint density at radius 3 is 2.38 bits per heavy atom. The van der Waals surface area contributed by atoms with Gasteiger partial charge in [-0.3, -0.25) is 0 Å². The lowest BCUT2D eigenvalue weighted by Crippen LogP contribution is -2.55. The summed E-state index contributed by atoms with van der Waals surface area (Å²) in [6.45, 7) is 14.2. The maximum atomic E-state index is 12.5. The van der Waals surface area contributed by atoms with Gasteiger partial charge in [-0.2, -0.15) is 0 Å². The van der Waals surface area contributed by atoms with E-state index >= 15 is 0 Å². The maximum Gasteiger partial charge on any atom is 0.341 e. The predicted molar refractivity (Wildman–Crippen MR) is 87.8 cm³/mol. The average molecular weight is 310 g/mol. The zero-order chi connectivity index (χ0) is 16.2. The molecule has 2 rings (SSSR count). The van der Waals surface area contributed by atoms with Gasteiger partial charge in [0, 0.05) is 16.0 Å². The molecule has 4 nitrogen and oxygen atoms in total. The number of hydrogen-bond donors (Lipinski definition) is 2. The normalized spacial score (nSPS) is 20.0. The lowest BCUT2D eigenvalue weighted by molar-refractivity contribution is 0.00694. The van der Waals surface area contributed by atoms with E-state index in [1.165, 1.54) is 11.3 Å². The number of nitrogen functional groups attached to an aromatic ring is 1. The molecule has 5 heteroatoms. The third-order valence-electron chi connectivity index (χ3n) is 3.47. The van der Waals surface area contributed by atoms with Crippen LogP contribution in [-0.4, -0.2) is 17.1 Å². The van der Waals surface area contributed by atoms with Crippen LogP contribution in [0.3, 0.4) is 0 Å². The van der Waals surface area contributed by atoms with Gasteiger partial charge in [0.25, 0.3) is 0 Å². The SMILES string of the molecule is CC1(C)Cc2c(sc(N)c2C(=O)OC(C)(C)C)C(C)(C)N1. The van der Waals surface area contributed by atoms with Crippen LogP contribution in [0.1, 0.15) is 69.3 Å². The second-order valence-corrected chi connectivity index (χ2v) is 9.01. The largest absolute Gasteiger partial charge is 0.456 e. The van der Waals surface area contributed by atoms with Gasteiger partial charge in [0.15, 0.2) is 0 Å². The molecule has 0 unspecified atom stereocenters. The van der Waals surface area contributed by atoms with Gasteiger partial charge in [-0.25, -0.2) is 4.79 Å². The zero-order valence-electron chi connectivity index (χ0n) is 14.0. The summed E-state index contributed by atoms with van der Waals surface area (Å²) in [4.78, 5) is 13.7. The van der Waals surface area contributed by atoms with E-state index in [0.717, 1.165) is 16.9 Å². The highest BCUT2D eigenvalue weighted by molar-refractivity contribution is 7.16. The Balaban J connectivity index is 2.52. The van der Waals surface area contributed by atoms with E-state index in [2.05, 4.69) is 33.0 Å². The van der Waals surface area contributed by atoms with Crippen LogP contribution in [0.4, 0.5) is 5.00 Å². The smallest absolute Gasteiger partial charge is 0.341 e. The van der Waals surface area contributed by atoms with Crippen molar-refractivity contribution in [3.05, 3.63) is 16.0 Å². The van der Waals surface area contributed by atoms with Gasteiger partial charge >= 0.3 is 5.97 Å². The van der Waals surface area contributed by atoms with Crippen LogP contribution in [0.5, 0.6) is 0 Å². The highest BCUT2D eigenvalue weighted by atomic mass is 32.1. The summed E-state index contributed by atoms with van der Waals surface area (Å²) < 4.78 is 5.53. The van der Waals surface area contributed by atoms with E-state index in [4.69, 9.17) is 10.5 Å². The van der Waals surface area contributed by atoms with Gasteiger partial charge in [-0.15, -0.1) is 11.3 Å². The minimum absolute atomic E-state index is 0.0826. The first kappa shape index (κ1) is 16.3. The number of fused-ring (bicyclic) bond motifs is 1. The third kappa shape index (κ3) is 3.24. The van der Waals surface area contributed by atoms with Gasteiger partial charge in [0.2, 0.25) is 0 Å². The molecule has 0 spiro atoms. The standard InChI is InChI=1S/C16H26N2O2S/c1-14(2,3)20-13(19)10-9-8-15(4,5)18-16(6,7)11(9)21-12(10)17/h18H,8,17H2,1-7H3. The van der Waals surface area contributed by atoms with E-state index in [1.54, 1.807) is 0 Å². The van der Waals surface area contributed by atoms with Crippen LogP contribution in [0, 0.1) is 0 Å². The van der Waals surface area contributed by atoms with E-state index in [9.17, 15) is 4.79 Å². The van der Waals surface area contributed by atoms with Gasteiger partial charge in [0.05, 0.1) is 5.56 Å². The predicted octanol–water partition coefficient (Wildman–Crippen LogP) is 3.45. The Kier molecular flexibility index (Phi) is 3.66. The Bertz CT molecular complexity index is 580. The summed E-state index contributed by atoms with van der Waals surface area (Å²) in [7, 11) is 0. The summed E-state index contributed by atoms with van der Waals surface area (Å²) in [5, 5.41) is 4.18. The molecule has 0 aliphatic carbocycles. The average Bonchev–Trinajstić information content (AvgIpc) is 2.49. The van der Waals surface area contributed by atoms with Crippen molar-refractivity contribution in [3.8, 4) is 0 Å². The van der Waals surface area contributed by atoms with E-state index in [-0.39, 0.29) is 17.0 Å². The van der Waals surface area contributed by atoms with E-state index in [0.29, 0.717) is 10.6 Å². The van der Waals surface area contributed by atoms with Crippen molar-refractivity contribution in [2.75, 3.05) is 5.73 Å². The molecule has 0 atom stereocenters. The molecule has 0 radical (unpaired) electrons. The van der Waals surface area contributed by atoms with Crippen molar-refractivity contribution in [1.29, 1.82) is 0 Å². The Labute approximate surface area is 131 Å². The molecule has 21 heavy (non-hydrogen) atoms. The number of carbonyl (C=O) groups is 1. The van der Waals surface area contributed by atoms with Crippen LogP contribution in [0.25, 0.3) is 0 Å². The van der Waals surface area contributed by atoms with Crippen LogP contribution in [0.15, 0.2) is 0 Å². The van der Waals surface area contributed by atoms with Gasteiger partial charge in [0.1, 0.15) is 10.6 Å². The monoisotopic (exact) mass is 310 g/mol. The summed E-state index contributed by atoms with van der Waals surface area (Å²) in [5.41, 5.74) is 6.95. The first-order valence-corrected chi connectivity index (χ1v) is 8.08. The molecule has 0 bridgehead atoms. The Morgan fingerprint density at radius 2 is 1.86 bits per heavy atom. The topological polar surface area (TPSA) is 64.4 Å². The molecule has 118 valence electrons. The molecule has 3 N–H and O–H groups in total. The number of anilines is 1. The quantitative estimate of drug-likeness (QED) is 0.780. The molecular formula is C16H26N2O2S. The molecule has 1 aliphatic heterocycles. The minimum Gasteiger partial charge on any atom is -0.456 e. The molecule has 1 aromatic rings. The van der Waals surface area contributed by atoms with Crippen molar-refractivity contribution in [2.24, 2.45) is 0 Å². The second-order valence-electron chi connectivity index (χ2n) is 7.96. The molecule has 0 aromatic carbocycles. The van der Waals surface area contributed by atoms with Crippen LogP contribution in [-0.2, 0) is 16.7 Å². The molecule has 0 amide bonds. The van der Waals surface area contributed by atoms with Gasteiger partial charge in [-0.05, 0) is 60.5 Å². The molecule has 0 saturated carbocycles. The van der Waals surface area contributed by atoms with Crippen molar-refractivity contribution in [3.63, 3.8) is 0 Å². The molecule has 0 fully saturated rings. The van der Waals surface area contributed by atoms with Crippen molar-refractivity contribution in [2.45, 2.75) is 71.6 Å². The first-order valence-electron chi connectivity index (χ1n) is 7.27. The van der Waals surface area contributed by atoms with Crippen LogP contribution >= 0.6 is 11.3 Å². The molecule has 1 aliphatic rings.